The van der Waals surface area contributed by atoms with Gasteiger partial charge in [0.05, 0.1) is 13.3 Å². The zero-order valence-corrected chi connectivity index (χ0v) is 13.4. The van der Waals surface area contributed by atoms with Gasteiger partial charge in [0.1, 0.15) is 20.2 Å². The first-order valence-electron chi connectivity index (χ1n) is 5.85. The van der Waals surface area contributed by atoms with E-state index in [4.69, 9.17) is 8.92 Å². The second kappa shape index (κ2) is 5.72. The zero-order valence-electron chi connectivity index (χ0n) is 10.5. The van der Waals surface area contributed by atoms with Crippen molar-refractivity contribution in [2.45, 2.75) is 6.42 Å². The lowest BCUT2D eigenvalue weighted by Gasteiger charge is -2.32. The SMILES string of the molecule is COc1cnc2c(N3CCC3)nc(OSI)c(F)c2n1. The number of aromatic nitrogens is 3. The Kier molecular flexibility index (Phi) is 3.96. The predicted octanol–water partition coefficient (Wildman–Crippen LogP) is 2.76. The maximum absolute atomic E-state index is 14.4. The van der Waals surface area contributed by atoms with Crippen LogP contribution in [-0.4, -0.2) is 35.2 Å². The molecule has 0 radical (unpaired) electrons. The molecule has 1 aliphatic heterocycles. The first-order valence-corrected chi connectivity index (χ1v) is 9.13. The van der Waals surface area contributed by atoms with Gasteiger partial charge in [-0.2, -0.15) is 9.37 Å². The molecule has 2 aromatic heterocycles. The second-order valence-electron chi connectivity index (χ2n) is 4.15. The maximum atomic E-state index is 14.4. The van der Waals surface area contributed by atoms with Gasteiger partial charge in [0.2, 0.25) is 11.7 Å². The van der Waals surface area contributed by atoms with E-state index >= 15 is 0 Å². The van der Waals surface area contributed by atoms with Crippen LogP contribution >= 0.6 is 30.4 Å². The lowest BCUT2D eigenvalue weighted by Crippen LogP contribution is -2.38. The summed E-state index contributed by atoms with van der Waals surface area (Å²) in [6, 6.07) is 0. The van der Waals surface area contributed by atoms with Crippen LogP contribution < -0.4 is 13.8 Å². The number of methoxy groups -OCH3 is 1. The van der Waals surface area contributed by atoms with Crippen LogP contribution in [0.15, 0.2) is 6.20 Å². The number of rotatable bonds is 4. The van der Waals surface area contributed by atoms with Crippen LogP contribution in [0.1, 0.15) is 6.42 Å². The summed E-state index contributed by atoms with van der Waals surface area (Å²) in [5.74, 6) is 0.148. The molecular formula is C11H10FIN4O2S. The van der Waals surface area contributed by atoms with Crippen LogP contribution in [-0.2, 0) is 0 Å². The number of hydrogen-bond acceptors (Lipinski definition) is 7. The Balaban J connectivity index is 2.22. The Labute approximate surface area is 130 Å². The minimum Gasteiger partial charge on any atom is -0.480 e. The number of pyridine rings is 1. The van der Waals surface area contributed by atoms with E-state index in [1.165, 1.54) is 13.3 Å². The third-order valence-electron chi connectivity index (χ3n) is 3.04. The Morgan fingerprint density at radius 1 is 1.35 bits per heavy atom. The van der Waals surface area contributed by atoms with Crippen molar-refractivity contribution in [2.24, 2.45) is 0 Å². The smallest absolute Gasteiger partial charge is 0.269 e. The molecule has 9 heteroatoms. The quantitative estimate of drug-likeness (QED) is 0.570. The zero-order chi connectivity index (χ0) is 14.1. The molecule has 106 valence electrons. The molecule has 20 heavy (non-hydrogen) atoms. The molecule has 3 heterocycles. The topological polar surface area (TPSA) is 60.4 Å². The lowest BCUT2D eigenvalue weighted by atomic mass is 10.2. The van der Waals surface area contributed by atoms with Gasteiger partial charge in [-0.15, -0.1) is 0 Å². The summed E-state index contributed by atoms with van der Waals surface area (Å²) in [7, 11) is 2.46. The molecule has 0 spiro atoms. The molecule has 1 fully saturated rings. The summed E-state index contributed by atoms with van der Waals surface area (Å²) in [6.45, 7) is 1.75. The van der Waals surface area contributed by atoms with E-state index < -0.39 is 5.82 Å². The van der Waals surface area contributed by atoms with Gasteiger partial charge in [-0.1, -0.05) is 0 Å². The predicted molar refractivity (Wildman–Crippen MR) is 82.9 cm³/mol. The monoisotopic (exact) mass is 408 g/mol. The molecule has 0 amide bonds. The highest BCUT2D eigenvalue weighted by molar-refractivity contribution is 14.2. The fourth-order valence-electron chi connectivity index (χ4n) is 1.92. The Bertz CT molecular complexity index is 656. The summed E-state index contributed by atoms with van der Waals surface area (Å²) < 4.78 is 24.5. The highest BCUT2D eigenvalue weighted by Crippen LogP contribution is 2.34. The molecule has 0 aliphatic carbocycles. The highest BCUT2D eigenvalue weighted by atomic mass is 127. The normalized spacial score (nSPS) is 14.2. The van der Waals surface area contributed by atoms with Crippen LogP contribution in [0.2, 0.25) is 0 Å². The van der Waals surface area contributed by atoms with E-state index in [0.717, 1.165) is 28.7 Å². The van der Waals surface area contributed by atoms with Crippen molar-refractivity contribution in [3.8, 4) is 11.8 Å². The largest absolute Gasteiger partial charge is 0.480 e. The van der Waals surface area contributed by atoms with Crippen molar-refractivity contribution < 1.29 is 13.3 Å². The number of hydrogen-bond donors (Lipinski definition) is 0. The molecule has 3 rings (SSSR count). The fraction of sp³-hybridized carbons (Fsp3) is 0.364. The van der Waals surface area contributed by atoms with Gasteiger partial charge < -0.3 is 13.8 Å². The van der Waals surface area contributed by atoms with Gasteiger partial charge >= 0.3 is 0 Å². The molecule has 1 aliphatic rings. The molecule has 0 N–H and O–H groups in total. The summed E-state index contributed by atoms with van der Waals surface area (Å²) in [4.78, 5) is 14.6. The Morgan fingerprint density at radius 2 is 2.15 bits per heavy atom. The standard InChI is InChI=1S/C11H10FIN4O2S/c1-18-6-5-14-9-8(15-6)7(12)11(19-20-13)16-10(9)17-3-2-4-17/h5H,2-4H2,1H3. The van der Waals surface area contributed by atoms with Crippen molar-refractivity contribution in [1.82, 2.24) is 15.0 Å². The average molecular weight is 408 g/mol. The number of ether oxygens (including phenoxy) is 1. The molecule has 1 saturated heterocycles. The number of fused-ring (bicyclic) bond motifs is 1. The molecule has 0 atom stereocenters. The Hall–Kier alpha value is -1.10. The molecule has 0 unspecified atom stereocenters. The third kappa shape index (κ3) is 2.32. The maximum Gasteiger partial charge on any atom is 0.269 e. The summed E-state index contributed by atoms with van der Waals surface area (Å²) >= 11 is 1.91. The molecule has 6 nitrogen and oxygen atoms in total. The van der Waals surface area contributed by atoms with Gasteiger partial charge in [-0.05, 0) is 6.42 Å². The number of halogens is 2. The summed E-state index contributed by atoms with van der Waals surface area (Å²) in [5.41, 5.74) is 0.538. The molecule has 0 saturated carbocycles. The van der Waals surface area contributed by atoms with E-state index in [9.17, 15) is 4.39 Å². The average Bonchev–Trinajstić information content (AvgIpc) is 2.41. The van der Waals surface area contributed by atoms with E-state index in [1.54, 1.807) is 0 Å². The van der Waals surface area contributed by atoms with Crippen LogP contribution in [0.4, 0.5) is 10.2 Å². The van der Waals surface area contributed by atoms with Crippen molar-refractivity contribution in [3.63, 3.8) is 0 Å². The first-order chi connectivity index (χ1) is 9.74. The van der Waals surface area contributed by atoms with Gasteiger partial charge in [0.25, 0.3) is 5.88 Å². The summed E-state index contributed by atoms with van der Waals surface area (Å²) in [5, 5.41) is 0. The lowest BCUT2D eigenvalue weighted by molar-refractivity contribution is 0.397. The van der Waals surface area contributed by atoms with Crippen LogP contribution in [0.25, 0.3) is 11.0 Å². The van der Waals surface area contributed by atoms with E-state index in [-0.39, 0.29) is 17.3 Å². The second-order valence-corrected chi connectivity index (χ2v) is 5.52. The fourth-order valence-corrected chi connectivity index (χ4v) is 2.60. The van der Waals surface area contributed by atoms with E-state index in [1.807, 2.05) is 26.1 Å². The van der Waals surface area contributed by atoms with Crippen LogP contribution in [0.5, 0.6) is 11.8 Å². The summed E-state index contributed by atoms with van der Waals surface area (Å²) in [6.07, 6.45) is 2.54. The number of nitrogens with zero attached hydrogens (tertiary/aromatic N) is 4. The van der Waals surface area contributed by atoms with Gasteiger partial charge in [0.15, 0.2) is 5.82 Å². The molecule has 2 aromatic rings. The van der Waals surface area contributed by atoms with Gasteiger partial charge in [0, 0.05) is 34.3 Å². The number of anilines is 1. The first kappa shape index (κ1) is 13.9. The minimum atomic E-state index is -0.625. The van der Waals surface area contributed by atoms with Crippen LogP contribution in [0.3, 0.4) is 0 Å². The Morgan fingerprint density at radius 3 is 2.75 bits per heavy atom. The molecule has 0 bridgehead atoms. The van der Waals surface area contributed by atoms with Crippen molar-refractivity contribution in [2.75, 3.05) is 25.1 Å². The van der Waals surface area contributed by atoms with E-state index in [0.29, 0.717) is 11.3 Å². The van der Waals surface area contributed by atoms with Crippen LogP contribution in [0, 0.1) is 5.82 Å². The molecule has 0 aromatic carbocycles. The minimum absolute atomic E-state index is 0.0821. The van der Waals surface area contributed by atoms with Crippen molar-refractivity contribution in [1.29, 1.82) is 0 Å². The van der Waals surface area contributed by atoms with Crippen molar-refractivity contribution in [3.05, 3.63) is 12.0 Å². The van der Waals surface area contributed by atoms with E-state index in [2.05, 4.69) is 15.0 Å². The van der Waals surface area contributed by atoms with Gasteiger partial charge in [-0.3, -0.25) is 0 Å². The molecular weight excluding hydrogens is 398 g/mol. The van der Waals surface area contributed by atoms with Crippen molar-refractivity contribution >= 4 is 47.3 Å². The van der Waals surface area contributed by atoms with Gasteiger partial charge in [-0.25, -0.2) is 9.97 Å². The highest BCUT2D eigenvalue weighted by Gasteiger charge is 2.25. The third-order valence-corrected chi connectivity index (χ3v) is 3.80.